The first-order valence-electron chi connectivity index (χ1n) is 8.64. The van der Waals surface area contributed by atoms with Gasteiger partial charge in [-0.15, -0.1) is 0 Å². The minimum absolute atomic E-state index is 0.144. The van der Waals surface area contributed by atoms with Crippen molar-refractivity contribution in [3.05, 3.63) is 23.8 Å². The van der Waals surface area contributed by atoms with Crippen LogP contribution in [0.15, 0.2) is 18.2 Å². The van der Waals surface area contributed by atoms with E-state index in [0.29, 0.717) is 23.3 Å². The van der Waals surface area contributed by atoms with Crippen LogP contribution in [0.4, 0.5) is 0 Å². The van der Waals surface area contributed by atoms with E-state index in [1.807, 2.05) is 0 Å². The van der Waals surface area contributed by atoms with E-state index in [1.165, 1.54) is 20.6 Å². The maximum atomic E-state index is 12.2. The molecule has 0 spiro atoms. The fourth-order valence-electron chi connectivity index (χ4n) is 3.21. The normalized spacial score (nSPS) is 22.8. The Bertz CT molecular complexity index is 616. The minimum atomic E-state index is -0.597. The molecule has 0 saturated heterocycles. The number of hydrogen-bond donors (Lipinski definition) is 1. The van der Waals surface area contributed by atoms with Crippen molar-refractivity contribution in [2.45, 2.75) is 39.2 Å². The monoisotopic (exact) mass is 349 g/mol. The summed E-state index contributed by atoms with van der Waals surface area (Å²) in [6.45, 7) is 4.06. The molecule has 1 N–H and O–H groups in total. The fraction of sp³-hybridized carbons (Fsp3) is 0.579. The van der Waals surface area contributed by atoms with E-state index >= 15 is 0 Å². The third-order valence-corrected chi connectivity index (χ3v) is 5.02. The minimum Gasteiger partial charge on any atom is -0.497 e. The molecule has 0 radical (unpaired) electrons. The molecule has 1 aromatic rings. The van der Waals surface area contributed by atoms with E-state index < -0.39 is 5.97 Å². The summed E-state index contributed by atoms with van der Waals surface area (Å²) in [5.74, 6) is 1.07. The van der Waals surface area contributed by atoms with Gasteiger partial charge in [-0.25, -0.2) is 4.79 Å². The molecule has 138 valence electrons. The predicted octanol–water partition coefficient (Wildman–Crippen LogP) is 2.80. The van der Waals surface area contributed by atoms with Crippen molar-refractivity contribution in [3.8, 4) is 11.5 Å². The standard InChI is InChI=1S/C19H27NO5/c1-12-6-5-7-16(13(12)2)20-18(21)11-25-19(22)15-9-8-14(23-3)10-17(15)24-4/h8-10,12-13,16H,5-7,11H2,1-4H3,(H,20,21)/t12-,13-,16+/m1/s1. The zero-order chi connectivity index (χ0) is 18.4. The van der Waals surface area contributed by atoms with Crippen LogP contribution in [0.3, 0.4) is 0 Å². The number of esters is 1. The number of benzene rings is 1. The Morgan fingerprint density at radius 3 is 2.60 bits per heavy atom. The van der Waals surface area contributed by atoms with Crippen molar-refractivity contribution in [2.75, 3.05) is 20.8 Å². The molecule has 3 atom stereocenters. The van der Waals surface area contributed by atoms with Crippen LogP contribution in [-0.2, 0) is 9.53 Å². The molecule has 1 aliphatic carbocycles. The lowest BCUT2D eigenvalue weighted by atomic mass is 9.78. The van der Waals surface area contributed by atoms with Gasteiger partial charge < -0.3 is 19.5 Å². The Morgan fingerprint density at radius 1 is 1.16 bits per heavy atom. The van der Waals surface area contributed by atoms with Crippen molar-refractivity contribution >= 4 is 11.9 Å². The van der Waals surface area contributed by atoms with Crippen LogP contribution in [0.1, 0.15) is 43.5 Å². The molecule has 0 unspecified atom stereocenters. The van der Waals surface area contributed by atoms with E-state index in [9.17, 15) is 9.59 Å². The summed E-state index contributed by atoms with van der Waals surface area (Å²) in [6, 6.07) is 4.94. The first kappa shape index (κ1) is 19.1. The van der Waals surface area contributed by atoms with Crippen molar-refractivity contribution in [2.24, 2.45) is 11.8 Å². The molecule has 1 saturated carbocycles. The second-order valence-corrected chi connectivity index (χ2v) is 6.58. The maximum Gasteiger partial charge on any atom is 0.342 e. The number of ether oxygens (including phenoxy) is 3. The van der Waals surface area contributed by atoms with Crippen molar-refractivity contribution < 1.29 is 23.8 Å². The zero-order valence-corrected chi connectivity index (χ0v) is 15.3. The van der Waals surface area contributed by atoms with Crippen LogP contribution < -0.4 is 14.8 Å². The Labute approximate surface area is 148 Å². The molecule has 0 aliphatic heterocycles. The summed E-state index contributed by atoms with van der Waals surface area (Å²) >= 11 is 0. The van der Waals surface area contributed by atoms with Crippen LogP contribution in [0, 0.1) is 11.8 Å². The van der Waals surface area contributed by atoms with Gasteiger partial charge in [0.05, 0.1) is 14.2 Å². The quantitative estimate of drug-likeness (QED) is 0.800. The predicted molar refractivity (Wildman–Crippen MR) is 93.9 cm³/mol. The van der Waals surface area contributed by atoms with Crippen molar-refractivity contribution in [1.29, 1.82) is 0 Å². The summed E-state index contributed by atoms with van der Waals surface area (Å²) in [6.07, 6.45) is 3.27. The first-order chi connectivity index (χ1) is 12.0. The van der Waals surface area contributed by atoms with Gasteiger partial charge in [0.25, 0.3) is 5.91 Å². The third-order valence-electron chi connectivity index (χ3n) is 5.02. The summed E-state index contributed by atoms with van der Waals surface area (Å²) in [5, 5.41) is 2.99. The molecule has 0 bridgehead atoms. The van der Waals surface area contributed by atoms with E-state index in [0.717, 1.165) is 12.8 Å². The van der Waals surface area contributed by atoms with Crippen LogP contribution in [0.2, 0.25) is 0 Å². The third kappa shape index (κ3) is 4.87. The van der Waals surface area contributed by atoms with E-state index in [4.69, 9.17) is 14.2 Å². The molecule has 1 fully saturated rings. The number of amides is 1. The number of rotatable bonds is 6. The topological polar surface area (TPSA) is 73.9 Å². The smallest absolute Gasteiger partial charge is 0.342 e. The Morgan fingerprint density at radius 2 is 1.92 bits per heavy atom. The van der Waals surface area contributed by atoms with Gasteiger partial charge in [-0.1, -0.05) is 26.7 Å². The van der Waals surface area contributed by atoms with Crippen LogP contribution >= 0.6 is 0 Å². The maximum absolute atomic E-state index is 12.2. The molecule has 1 aromatic carbocycles. The molecular formula is C19H27NO5. The van der Waals surface area contributed by atoms with E-state index in [1.54, 1.807) is 18.2 Å². The molecule has 1 aliphatic rings. The lowest BCUT2D eigenvalue weighted by molar-refractivity contribution is -0.125. The number of methoxy groups -OCH3 is 2. The Hall–Kier alpha value is -2.24. The van der Waals surface area contributed by atoms with Gasteiger partial charge in [0.1, 0.15) is 17.1 Å². The van der Waals surface area contributed by atoms with Gasteiger partial charge in [0.2, 0.25) is 0 Å². The summed E-state index contributed by atoms with van der Waals surface area (Å²) in [4.78, 5) is 24.3. The first-order valence-corrected chi connectivity index (χ1v) is 8.64. The zero-order valence-electron chi connectivity index (χ0n) is 15.3. The lowest BCUT2D eigenvalue weighted by Crippen LogP contribution is -2.45. The Balaban J connectivity index is 1.90. The van der Waals surface area contributed by atoms with Gasteiger partial charge in [-0.05, 0) is 30.4 Å². The van der Waals surface area contributed by atoms with Crippen molar-refractivity contribution in [1.82, 2.24) is 5.32 Å². The fourth-order valence-corrected chi connectivity index (χ4v) is 3.21. The average Bonchev–Trinajstić information content (AvgIpc) is 2.62. The SMILES string of the molecule is COc1ccc(C(=O)OCC(=O)N[C@H]2CCC[C@@H](C)[C@H]2C)c(OC)c1. The highest BCUT2D eigenvalue weighted by atomic mass is 16.5. The van der Waals surface area contributed by atoms with Gasteiger partial charge >= 0.3 is 5.97 Å². The number of nitrogens with one attached hydrogen (secondary N) is 1. The second kappa shape index (κ2) is 8.74. The number of carbonyl (C=O) groups excluding carboxylic acids is 2. The second-order valence-electron chi connectivity index (χ2n) is 6.58. The van der Waals surface area contributed by atoms with Gasteiger partial charge in [0, 0.05) is 12.1 Å². The lowest BCUT2D eigenvalue weighted by Gasteiger charge is -2.34. The summed E-state index contributed by atoms with van der Waals surface area (Å²) < 4.78 is 15.4. The Kier molecular flexibility index (Phi) is 6.67. The number of hydrogen-bond acceptors (Lipinski definition) is 5. The average molecular weight is 349 g/mol. The summed E-state index contributed by atoms with van der Waals surface area (Å²) in [5.41, 5.74) is 0.260. The highest BCUT2D eigenvalue weighted by molar-refractivity contribution is 5.94. The van der Waals surface area contributed by atoms with Gasteiger partial charge in [0.15, 0.2) is 6.61 Å². The molecule has 0 heterocycles. The molecule has 6 nitrogen and oxygen atoms in total. The van der Waals surface area contributed by atoms with E-state index in [-0.39, 0.29) is 24.1 Å². The largest absolute Gasteiger partial charge is 0.497 e. The highest BCUT2D eigenvalue weighted by Crippen LogP contribution is 2.29. The summed E-state index contributed by atoms with van der Waals surface area (Å²) in [7, 11) is 2.99. The van der Waals surface area contributed by atoms with Crippen LogP contribution in [-0.4, -0.2) is 38.7 Å². The number of carbonyl (C=O) groups is 2. The van der Waals surface area contributed by atoms with E-state index in [2.05, 4.69) is 19.2 Å². The van der Waals surface area contributed by atoms with Crippen LogP contribution in [0.5, 0.6) is 11.5 Å². The van der Waals surface area contributed by atoms with Crippen molar-refractivity contribution in [3.63, 3.8) is 0 Å². The van der Waals surface area contributed by atoms with Gasteiger partial charge in [-0.3, -0.25) is 4.79 Å². The van der Waals surface area contributed by atoms with Crippen LogP contribution in [0.25, 0.3) is 0 Å². The highest BCUT2D eigenvalue weighted by Gasteiger charge is 2.28. The van der Waals surface area contributed by atoms with Gasteiger partial charge in [-0.2, -0.15) is 0 Å². The molecule has 0 aromatic heterocycles. The molecule has 25 heavy (non-hydrogen) atoms. The molecule has 6 heteroatoms. The molecule has 2 rings (SSSR count). The molecular weight excluding hydrogens is 322 g/mol. The molecule has 1 amide bonds.